The predicted octanol–water partition coefficient (Wildman–Crippen LogP) is 3.76. The van der Waals surface area contributed by atoms with Crippen molar-refractivity contribution < 1.29 is 19.0 Å². The molecule has 0 fully saturated rings. The molecule has 0 spiro atoms. The number of aliphatic hydroxyl groups is 1. The first kappa shape index (κ1) is 18.3. The monoisotopic (exact) mass is 280 g/mol. The van der Waals surface area contributed by atoms with Crippen LogP contribution in [0.15, 0.2) is 0 Å². The summed E-state index contributed by atoms with van der Waals surface area (Å²) >= 11 is 0. The average Bonchev–Trinajstić information content (AvgIpc) is 2.39. The molecule has 0 aromatic heterocycles. The molecule has 0 aromatic carbocycles. The molecule has 18 heavy (non-hydrogen) atoms. The zero-order chi connectivity index (χ0) is 13.5. The first-order chi connectivity index (χ1) is 8.81. The fourth-order valence-electron chi connectivity index (χ4n) is 1.82. The first-order valence-corrected chi connectivity index (χ1v) is 8.21. The molecule has 0 saturated heterocycles. The smallest absolute Gasteiger partial charge is 0.329 e. The topological polar surface area (TPSA) is 58.9 Å². The molecule has 0 bridgehead atoms. The van der Waals surface area contributed by atoms with Gasteiger partial charge in [-0.1, -0.05) is 51.4 Å². The normalized spacial score (nSPS) is 12.8. The van der Waals surface area contributed by atoms with Crippen LogP contribution in [-0.2, 0) is 9.05 Å². The summed E-state index contributed by atoms with van der Waals surface area (Å²) in [6.07, 6.45) is 12.0. The lowest BCUT2D eigenvalue weighted by Crippen LogP contribution is -1.91. The molecule has 5 heteroatoms. The van der Waals surface area contributed by atoms with Crippen LogP contribution in [0.2, 0.25) is 0 Å². The van der Waals surface area contributed by atoms with Crippen LogP contribution in [-0.4, -0.2) is 30.3 Å². The molecule has 0 aliphatic rings. The third-order valence-corrected chi connectivity index (χ3v) is 3.63. The number of hydrogen-bond donors (Lipinski definition) is 2. The fraction of sp³-hybridized carbons (Fsp3) is 1.00. The molecular weight excluding hydrogens is 251 g/mol. The van der Waals surface area contributed by atoms with E-state index in [4.69, 9.17) is 14.5 Å². The first-order valence-electron chi connectivity index (χ1n) is 7.08. The second kappa shape index (κ2) is 15.3. The lowest BCUT2D eigenvalue weighted by molar-refractivity contribution is 0.224. The zero-order valence-electron chi connectivity index (χ0n) is 11.6. The second-order valence-electron chi connectivity index (χ2n) is 4.51. The van der Waals surface area contributed by atoms with Gasteiger partial charge in [-0.05, 0) is 12.8 Å². The van der Waals surface area contributed by atoms with Gasteiger partial charge in [0, 0.05) is 13.7 Å². The van der Waals surface area contributed by atoms with E-state index < -0.39 is 8.60 Å². The summed E-state index contributed by atoms with van der Waals surface area (Å²) in [5.41, 5.74) is 0. The molecule has 1 atom stereocenters. The summed E-state index contributed by atoms with van der Waals surface area (Å²) in [6.45, 7) is 0.929. The molecule has 0 radical (unpaired) electrons. The number of hydrogen-bond acceptors (Lipinski definition) is 4. The minimum absolute atomic E-state index is 0.334. The van der Waals surface area contributed by atoms with Gasteiger partial charge in [-0.3, -0.25) is 0 Å². The van der Waals surface area contributed by atoms with Crippen LogP contribution in [0.5, 0.6) is 0 Å². The van der Waals surface area contributed by atoms with E-state index in [0.717, 1.165) is 25.7 Å². The van der Waals surface area contributed by atoms with Crippen molar-refractivity contribution in [1.82, 2.24) is 0 Å². The molecule has 0 amide bonds. The van der Waals surface area contributed by atoms with Crippen molar-refractivity contribution in [1.29, 1.82) is 0 Å². The van der Waals surface area contributed by atoms with Gasteiger partial charge in [-0.25, -0.2) is 0 Å². The van der Waals surface area contributed by atoms with Crippen molar-refractivity contribution in [3.8, 4) is 0 Å². The lowest BCUT2D eigenvalue weighted by atomic mass is 10.1. The van der Waals surface area contributed by atoms with Crippen LogP contribution in [0.1, 0.15) is 64.2 Å². The molecule has 110 valence electrons. The van der Waals surface area contributed by atoms with Gasteiger partial charge in [0.25, 0.3) is 0 Å². The summed E-state index contributed by atoms with van der Waals surface area (Å²) in [7, 11) is -0.183. The third kappa shape index (κ3) is 14.3. The van der Waals surface area contributed by atoms with Crippen LogP contribution < -0.4 is 0 Å². The molecule has 4 nitrogen and oxygen atoms in total. The van der Waals surface area contributed by atoms with Crippen molar-refractivity contribution in [2.45, 2.75) is 64.2 Å². The van der Waals surface area contributed by atoms with Crippen molar-refractivity contribution in [3.63, 3.8) is 0 Å². The van der Waals surface area contributed by atoms with Gasteiger partial charge in [0.15, 0.2) is 0 Å². The molecule has 1 unspecified atom stereocenters. The van der Waals surface area contributed by atoms with Crippen LogP contribution >= 0.6 is 8.60 Å². The summed E-state index contributed by atoms with van der Waals surface area (Å²) in [4.78, 5) is 9.02. The van der Waals surface area contributed by atoms with Crippen molar-refractivity contribution >= 4 is 8.60 Å². The standard InChI is InChI=1S/C13H29O4P/c1-16-18(15)17-13-11-9-7-5-3-2-4-6-8-10-12-14/h14-15H,2-13H2,1H3. The van der Waals surface area contributed by atoms with Gasteiger partial charge in [-0.2, -0.15) is 0 Å². The van der Waals surface area contributed by atoms with Gasteiger partial charge >= 0.3 is 8.60 Å². The highest BCUT2D eigenvalue weighted by atomic mass is 31.2. The van der Waals surface area contributed by atoms with Crippen molar-refractivity contribution in [3.05, 3.63) is 0 Å². The minimum atomic E-state index is -1.63. The van der Waals surface area contributed by atoms with E-state index in [1.165, 1.54) is 45.6 Å². The van der Waals surface area contributed by atoms with E-state index in [9.17, 15) is 0 Å². The van der Waals surface area contributed by atoms with E-state index in [2.05, 4.69) is 4.52 Å². The Kier molecular flexibility index (Phi) is 15.6. The molecule has 0 aliphatic heterocycles. The van der Waals surface area contributed by atoms with E-state index in [1.54, 1.807) is 0 Å². The maximum absolute atomic E-state index is 9.02. The number of rotatable bonds is 14. The quantitative estimate of drug-likeness (QED) is 0.376. The zero-order valence-corrected chi connectivity index (χ0v) is 12.5. The van der Waals surface area contributed by atoms with Gasteiger partial charge in [0.05, 0.1) is 6.61 Å². The molecule has 0 aromatic rings. The average molecular weight is 280 g/mol. The summed E-state index contributed by atoms with van der Waals surface area (Å²) in [6, 6.07) is 0. The highest BCUT2D eigenvalue weighted by molar-refractivity contribution is 7.40. The Labute approximate surface area is 113 Å². The van der Waals surface area contributed by atoms with Crippen molar-refractivity contribution in [2.24, 2.45) is 0 Å². The molecule has 0 aliphatic carbocycles. The van der Waals surface area contributed by atoms with Crippen LogP contribution in [0, 0.1) is 0 Å². The maximum atomic E-state index is 9.02. The Morgan fingerprint density at radius 3 is 1.67 bits per heavy atom. The predicted molar refractivity (Wildman–Crippen MR) is 75.4 cm³/mol. The third-order valence-electron chi connectivity index (χ3n) is 2.91. The molecule has 0 heterocycles. The Hall–Kier alpha value is 0.270. The summed E-state index contributed by atoms with van der Waals surface area (Å²) in [5, 5.41) is 8.63. The summed E-state index contributed by atoms with van der Waals surface area (Å²) in [5.74, 6) is 0. The van der Waals surface area contributed by atoms with E-state index in [1.807, 2.05) is 0 Å². The highest BCUT2D eigenvalue weighted by Crippen LogP contribution is 2.31. The van der Waals surface area contributed by atoms with Crippen LogP contribution in [0.25, 0.3) is 0 Å². The van der Waals surface area contributed by atoms with Crippen LogP contribution in [0.3, 0.4) is 0 Å². The van der Waals surface area contributed by atoms with Gasteiger partial charge in [0.1, 0.15) is 0 Å². The lowest BCUT2D eigenvalue weighted by Gasteiger charge is -2.07. The maximum Gasteiger partial charge on any atom is 0.329 e. The SMILES string of the molecule is COP(O)OCCCCCCCCCCCCO. The largest absolute Gasteiger partial charge is 0.396 e. The Morgan fingerprint density at radius 1 is 0.778 bits per heavy atom. The second-order valence-corrected chi connectivity index (χ2v) is 5.61. The van der Waals surface area contributed by atoms with E-state index in [-0.39, 0.29) is 0 Å². The Balaban J connectivity index is 2.94. The van der Waals surface area contributed by atoms with E-state index in [0.29, 0.717) is 13.2 Å². The molecule has 0 rings (SSSR count). The van der Waals surface area contributed by atoms with Gasteiger partial charge in [0.2, 0.25) is 0 Å². The molecule has 0 saturated carbocycles. The summed E-state index contributed by atoms with van der Waals surface area (Å²) < 4.78 is 9.68. The molecular formula is C13H29O4P. The fourth-order valence-corrected chi connectivity index (χ4v) is 2.21. The number of aliphatic hydroxyl groups excluding tert-OH is 1. The van der Waals surface area contributed by atoms with E-state index >= 15 is 0 Å². The molecule has 2 N–H and O–H groups in total. The van der Waals surface area contributed by atoms with Gasteiger partial charge in [-0.15, -0.1) is 0 Å². The van der Waals surface area contributed by atoms with Crippen molar-refractivity contribution in [2.75, 3.05) is 20.3 Å². The van der Waals surface area contributed by atoms with Crippen LogP contribution in [0.4, 0.5) is 0 Å². The Bertz CT molecular complexity index is 158. The highest BCUT2D eigenvalue weighted by Gasteiger charge is 2.01. The van der Waals surface area contributed by atoms with Gasteiger partial charge < -0.3 is 19.0 Å². The Morgan fingerprint density at radius 2 is 1.22 bits per heavy atom. The minimum Gasteiger partial charge on any atom is -0.396 e. The number of unbranched alkanes of at least 4 members (excludes halogenated alkanes) is 9.